The monoisotopic (exact) mass is 268 g/mol. The van der Waals surface area contributed by atoms with Crippen LogP contribution in [0.4, 0.5) is 0 Å². The molecule has 0 fully saturated rings. The lowest BCUT2D eigenvalue weighted by Gasteiger charge is -2.18. The average molecular weight is 268 g/mol. The molecule has 0 aliphatic carbocycles. The van der Waals surface area contributed by atoms with Crippen LogP contribution in [0.2, 0.25) is 0 Å². The van der Waals surface area contributed by atoms with Crippen LogP contribution >= 0.6 is 0 Å². The van der Waals surface area contributed by atoms with Crippen LogP contribution < -0.4 is 5.32 Å². The first kappa shape index (κ1) is 15.2. The zero-order chi connectivity index (χ0) is 14.4. The number of rotatable bonds is 7. The Morgan fingerprint density at radius 3 is 2.47 bits per heavy atom. The van der Waals surface area contributed by atoms with E-state index in [4.69, 9.17) is 9.52 Å². The van der Waals surface area contributed by atoms with Crippen LogP contribution in [0.1, 0.15) is 35.7 Å². The van der Waals surface area contributed by atoms with Gasteiger partial charge in [-0.15, -0.1) is 0 Å². The SMILES string of the molecule is CCN(CC)C(=O)CNCc1cc(C(=O)O)c(C)o1. The first-order valence-corrected chi connectivity index (χ1v) is 6.30. The molecule has 0 radical (unpaired) electrons. The van der Waals surface area contributed by atoms with Gasteiger partial charge in [-0.1, -0.05) is 0 Å². The van der Waals surface area contributed by atoms with Crippen molar-refractivity contribution in [2.75, 3.05) is 19.6 Å². The van der Waals surface area contributed by atoms with Gasteiger partial charge >= 0.3 is 5.97 Å². The van der Waals surface area contributed by atoms with Gasteiger partial charge in [-0.05, 0) is 26.8 Å². The molecule has 0 aliphatic rings. The highest BCUT2D eigenvalue weighted by atomic mass is 16.4. The quantitative estimate of drug-likeness (QED) is 0.777. The predicted molar refractivity (Wildman–Crippen MR) is 70.0 cm³/mol. The number of carboxylic acid groups (broad SMARTS) is 1. The number of hydrogen-bond donors (Lipinski definition) is 2. The summed E-state index contributed by atoms with van der Waals surface area (Å²) in [6.45, 7) is 7.37. The van der Waals surface area contributed by atoms with E-state index in [1.54, 1.807) is 11.8 Å². The molecule has 1 heterocycles. The summed E-state index contributed by atoms with van der Waals surface area (Å²) in [6, 6.07) is 1.48. The molecular formula is C13H20N2O4. The summed E-state index contributed by atoms with van der Waals surface area (Å²) in [5, 5.41) is 11.8. The lowest BCUT2D eigenvalue weighted by atomic mass is 10.2. The number of carbonyl (C=O) groups excluding carboxylic acids is 1. The first-order chi connectivity index (χ1) is 8.99. The van der Waals surface area contributed by atoms with Gasteiger partial charge in [0.1, 0.15) is 17.1 Å². The molecule has 2 N–H and O–H groups in total. The van der Waals surface area contributed by atoms with Gasteiger partial charge in [-0.2, -0.15) is 0 Å². The molecule has 0 unspecified atom stereocenters. The summed E-state index contributed by atoms with van der Waals surface area (Å²) in [5.74, 6) is -0.0972. The molecule has 0 bridgehead atoms. The van der Waals surface area contributed by atoms with E-state index in [2.05, 4.69) is 5.32 Å². The molecule has 106 valence electrons. The number of likely N-dealkylation sites (N-methyl/N-ethyl adjacent to an activating group) is 1. The van der Waals surface area contributed by atoms with E-state index in [1.165, 1.54) is 6.07 Å². The largest absolute Gasteiger partial charge is 0.478 e. The highest BCUT2D eigenvalue weighted by molar-refractivity contribution is 5.88. The molecule has 19 heavy (non-hydrogen) atoms. The molecular weight excluding hydrogens is 248 g/mol. The molecule has 0 saturated heterocycles. The van der Waals surface area contributed by atoms with Gasteiger partial charge in [0.2, 0.25) is 5.91 Å². The van der Waals surface area contributed by atoms with Gasteiger partial charge in [0, 0.05) is 13.1 Å². The van der Waals surface area contributed by atoms with Crippen LogP contribution in [0.3, 0.4) is 0 Å². The lowest BCUT2D eigenvalue weighted by Crippen LogP contribution is -2.37. The van der Waals surface area contributed by atoms with E-state index in [-0.39, 0.29) is 18.0 Å². The van der Waals surface area contributed by atoms with Crippen molar-refractivity contribution in [3.05, 3.63) is 23.2 Å². The number of amides is 1. The summed E-state index contributed by atoms with van der Waals surface area (Å²) >= 11 is 0. The van der Waals surface area contributed by atoms with Crippen LogP contribution in [0.15, 0.2) is 10.5 Å². The summed E-state index contributed by atoms with van der Waals surface area (Å²) < 4.78 is 5.30. The van der Waals surface area contributed by atoms with Crippen molar-refractivity contribution in [2.45, 2.75) is 27.3 Å². The number of carboxylic acids is 1. The first-order valence-electron chi connectivity index (χ1n) is 6.30. The maximum absolute atomic E-state index is 11.7. The standard InChI is InChI=1S/C13H20N2O4/c1-4-15(5-2)12(16)8-14-7-10-6-11(13(17)18)9(3)19-10/h6,14H,4-5,7-8H2,1-3H3,(H,17,18). The molecule has 0 aromatic carbocycles. The Morgan fingerprint density at radius 2 is 2.00 bits per heavy atom. The van der Waals surface area contributed by atoms with Crippen molar-refractivity contribution < 1.29 is 19.1 Å². The van der Waals surface area contributed by atoms with Crippen LogP contribution in [-0.4, -0.2) is 41.5 Å². The molecule has 0 saturated carbocycles. The second-order valence-electron chi connectivity index (χ2n) is 4.16. The van der Waals surface area contributed by atoms with Crippen molar-refractivity contribution >= 4 is 11.9 Å². The smallest absolute Gasteiger partial charge is 0.339 e. The highest BCUT2D eigenvalue weighted by Crippen LogP contribution is 2.14. The molecule has 1 aromatic heterocycles. The van der Waals surface area contributed by atoms with Crippen LogP contribution in [0, 0.1) is 6.92 Å². The van der Waals surface area contributed by atoms with Crippen molar-refractivity contribution in [3.8, 4) is 0 Å². The summed E-state index contributed by atoms with van der Waals surface area (Å²) in [6.07, 6.45) is 0. The van der Waals surface area contributed by atoms with E-state index in [0.29, 0.717) is 31.2 Å². The Kier molecular flexibility index (Phi) is 5.57. The summed E-state index contributed by atoms with van der Waals surface area (Å²) in [4.78, 5) is 24.3. The second kappa shape index (κ2) is 6.94. The number of nitrogens with one attached hydrogen (secondary N) is 1. The Balaban J connectivity index is 2.47. The molecule has 6 heteroatoms. The third-order valence-corrected chi connectivity index (χ3v) is 2.89. The molecule has 0 aliphatic heterocycles. The topological polar surface area (TPSA) is 82.8 Å². The summed E-state index contributed by atoms with van der Waals surface area (Å²) in [5.41, 5.74) is 0.159. The number of furan rings is 1. The van der Waals surface area contributed by atoms with E-state index in [9.17, 15) is 9.59 Å². The van der Waals surface area contributed by atoms with Crippen LogP contribution in [0.5, 0.6) is 0 Å². The fourth-order valence-corrected chi connectivity index (χ4v) is 1.82. The number of aryl methyl sites for hydroxylation is 1. The Morgan fingerprint density at radius 1 is 1.37 bits per heavy atom. The average Bonchev–Trinajstić information content (AvgIpc) is 2.72. The number of nitrogens with zero attached hydrogens (tertiary/aromatic N) is 1. The van der Waals surface area contributed by atoms with Crippen molar-refractivity contribution in [3.63, 3.8) is 0 Å². The van der Waals surface area contributed by atoms with Crippen LogP contribution in [0.25, 0.3) is 0 Å². The van der Waals surface area contributed by atoms with Crippen molar-refractivity contribution in [2.24, 2.45) is 0 Å². The Hall–Kier alpha value is -1.82. The zero-order valence-electron chi connectivity index (χ0n) is 11.5. The minimum absolute atomic E-state index is 0.0201. The van der Waals surface area contributed by atoms with Gasteiger partial charge in [0.15, 0.2) is 0 Å². The fraction of sp³-hybridized carbons (Fsp3) is 0.538. The molecule has 1 rings (SSSR count). The number of hydrogen-bond acceptors (Lipinski definition) is 4. The minimum Gasteiger partial charge on any atom is -0.478 e. The van der Waals surface area contributed by atoms with Crippen molar-refractivity contribution in [1.82, 2.24) is 10.2 Å². The van der Waals surface area contributed by atoms with Crippen LogP contribution in [-0.2, 0) is 11.3 Å². The lowest BCUT2D eigenvalue weighted by molar-refractivity contribution is -0.129. The van der Waals surface area contributed by atoms with Gasteiger partial charge in [0.05, 0.1) is 13.1 Å². The molecule has 1 amide bonds. The van der Waals surface area contributed by atoms with Gasteiger partial charge < -0.3 is 19.7 Å². The molecule has 1 aromatic rings. The van der Waals surface area contributed by atoms with Gasteiger partial charge in [-0.25, -0.2) is 4.79 Å². The van der Waals surface area contributed by atoms with Crippen molar-refractivity contribution in [1.29, 1.82) is 0 Å². The normalized spacial score (nSPS) is 10.5. The van der Waals surface area contributed by atoms with Gasteiger partial charge in [-0.3, -0.25) is 4.79 Å². The molecule has 0 atom stereocenters. The van der Waals surface area contributed by atoms with Gasteiger partial charge in [0.25, 0.3) is 0 Å². The summed E-state index contributed by atoms with van der Waals surface area (Å²) in [7, 11) is 0. The van der Waals surface area contributed by atoms with E-state index in [1.807, 2.05) is 13.8 Å². The van der Waals surface area contributed by atoms with E-state index >= 15 is 0 Å². The molecule has 6 nitrogen and oxygen atoms in total. The third-order valence-electron chi connectivity index (χ3n) is 2.89. The number of carbonyl (C=O) groups is 2. The zero-order valence-corrected chi connectivity index (χ0v) is 11.5. The third kappa shape index (κ3) is 4.10. The minimum atomic E-state index is -1.01. The maximum atomic E-state index is 11.7. The van der Waals surface area contributed by atoms with E-state index in [0.717, 1.165) is 0 Å². The predicted octanol–water partition coefficient (Wildman–Crippen LogP) is 1.24. The Labute approximate surface area is 112 Å². The fourth-order valence-electron chi connectivity index (χ4n) is 1.82. The Bertz CT molecular complexity index is 449. The highest BCUT2D eigenvalue weighted by Gasteiger charge is 2.14. The molecule has 0 spiro atoms. The maximum Gasteiger partial charge on any atom is 0.339 e. The second-order valence-corrected chi connectivity index (χ2v) is 4.16. The number of aromatic carboxylic acids is 1. The van der Waals surface area contributed by atoms with E-state index < -0.39 is 5.97 Å².